The third-order valence-corrected chi connectivity index (χ3v) is 2.08. The summed E-state index contributed by atoms with van der Waals surface area (Å²) in [6.45, 7) is 6.13. The number of nitrogen functional groups attached to an aromatic ring is 1. The molecule has 0 spiro atoms. The van der Waals surface area contributed by atoms with Gasteiger partial charge in [-0.2, -0.15) is 0 Å². The standard InChI is InChI=1S/C10H16N4/c1-4-7(2)5-12-9-6-13-10(11)14-8(9)3/h5-7H,4H2,1-3H3,(H2,11,13,14)/b12-5-. The van der Waals surface area contributed by atoms with Crippen LogP contribution in [-0.2, 0) is 0 Å². The van der Waals surface area contributed by atoms with Crippen LogP contribution < -0.4 is 5.73 Å². The van der Waals surface area contributed by atoms with Crippen LogP contribution in [0.2, 0.25) is 0 Å². The molecule has 0 saturated carbocycles. The third-order valence-electron chi connectivity index (χ3n) is 2.08. The summed E-state index contributed by atoms with van der Waals surface area (Å²) in [5, 5.41) is 0. The molecule has 0 aliphatic carbocycles. The highest BCUT2D eigenvalue weighted by molar-refractivity contribution is 5.65. The van der Waals surface area contributed by atoms with Crippen molar-refractivity contribution in [3.63, 3.8) is 0 Å². The van der Waals surface area contributed by atoms with Gasteiger partial charge in [-0.15, -0.1) is 0 Å². The lowest BCUT2D eigenvalue weighted by molar-refractivity contribution is 0.754. The summed E-state index contributed by atoms with van der Waals surface area (Å²) in [6.07, 6.45) is 4.65. The molecule has 1 atom stereocenters. The van der Waals surface area contributed by atoms with Crippen LogP contribution in [0.3, 0.4) is 0 Å². The van der Waals surface area contributed by atoms with Gasteiger partial charge >= 0.3 is 0 Å². The molecule has 1 rings (SSSR count). The number of rotatable bonds is 3. The second-order valence-corrected chi connectivity index (χ2v) is 3.36. The van der Waals surface area contributed by atoms with Crippen LogP contribution in [0.1, 0.15) is 26.0 Å². The average molecular weight is 192 g/mol. The Morgan fingerprint density at radius 2 is 2.36 bits per heavy atom. The minimum Gasteiger partial charge on any atom is -0.368 e. The molecule has 14 heavy (non-hydrogen) atoms. The van der Waals surface area contributed by atoms with E-state index in [1.807, 2.05) is 13.1 Å². The summed E-state index contributed by atoms with van der Waals surface area (Å²) in [6, 6.07) is 0. The minimum absolute atomic E-state index is 0.296. The van der Waals surface area contributed by atoms with Gasteiger partial charge in [0.25, 0.3) is 0 Å². The van der Waals surface area contributed by atoms with Crippen molar-refractivity contribution in [2.24, 2.45) is 10.9 Å². The zero-order chi connectivity index (χ0) is 10.6. The van der Waals surface area contributed by atoms with Crippen molar-refractivity contribution in [1.29, 1.82) is 0 Å². The van der Waals surface area contributed by atoms with Gasteiger partial charge in [0.1, 0.15) is 5.69 Å². The summed E-state index contributed by atoms with van der Waals surface area (Å²) in [4.78, 5) is 12.2. The van der Waals surface area contributed by atoms with Crippen molar-refractivity contribution in [3.8, 4) is 0 Å². The fourth-order valence-electron chi connectivity index (χ4n) is 0.918. The number of nitrogens with two attached hydrogens (primary N) is 1. The van der Waals surface area contributed by atoms with Gasteiger partial charge in [-0.3, -0.25) is 4.99 Å². The lowest BCUT2D eigenvalue weighted by atomic mass is 10.1. The number of aryl methyl sites for hydroxylation is 1. The maximum atomic E-state index is 5.44. The van der Waals surface area contributed by atoms with Crippen LogP contribution in [0.5, 0.6) is 0 Å². The molecule has 0 radical (unpaired) electrons. The van der Waals surface area contributed by atoms with E-state index >= 15 is 0 Å². The summed E-state index contributed by atoms with van der Waals surface area (Å²) in [5.74, 6) is 0.775. The summed E-state index contributed by atoms with van der Waals surface area (Å²) < 4.78 is 0. The molecule has 0 bridgehead atoms. The van der Waals surface area contributed by atoms with E-state index in [0.29, 0.717) is 11.9 Å². The van der Waals surface area contributed by atoms with Gasteiger partial charge in [-0.05, 0) is 19.3 Å². The molecule has 4 nitrogen and oxygen atoms in total. The Morgan fingerprint density at radius 1 is 1.64 bits per heavy atom. The molecule has 0 amide bonds. The average Bonchev–Trinajstić information content (AvgIpc) is 2.16. The number of anilines is 1. The normalized spacial score (nSPS) is 13.4. The Morgan fingerprint density at radius 3 is 2.93 bits per heavy atom. The van der Waals surface area contributed by atoms with Gasteiger partial charge in [0, 0.05) is 6.21 Å². The molecular weight excluding hydrogens is 176 g/mol. The quantitative estimate of drug-likeness (QED) is 0.746. The van der Waals surface area contributed by atoms with Crippen LogP contribution in [0.15, 0.2) is 11.2 Å². The first kappa shape index (κ1) is 10.6. The zero-order valence-electron chi connectivity index (χ0n) is 8.86. The molecule has 1 aromatic rings. The van der Waals surface area contributed by atoms with Crippen LogP contribution in [-0.4, -0.2) is 16.2 Å². The van der Waals surface area contributed by atoms with Crippen LogP contribution in [0.25, 0.3) is 0 Å². The number of hydrogen-bond acceptors (Lipinski definition) is 4. The molecule has 0 aliphatic rings. The van der Waals surface area contributed by atoms with Gasteiger partial charge in [0.05, 0.1) is 11.9 Å². The minimum atomic E-state index is 0.296. The first-order chi connectivity index (χ1) is 6.63. The van der Waals surface area contributed by atoms with Crippen LogP contribution >= 0.6 is 0 Å². The molecule has 76 valence electrons. The first-order valence-electron chi connectivity index (χ1n) is 4.76. The second kappa shape index (κ2) is 4.69. The fraction of sp³-hybridized carbons (Fsp3) is 0.500. The van der Waals surface area contributed by atoms with Crippen molar-refractivity contribution >= 4 is 17.9 Å². The van der Waals surface area contributed by atoms with Crippen molar-refractivity contribution in [1.82, 2.24) is 9.97 Å². The number of nitrogens with zero attached hydrogens (tertiary/aromatic N) is 3. The number of aliphatic imine (C=N–C) groups is 1. The maximum Gasteiger partial charge on any atom is 0.220 e. The van der Waals surface area contributed by atoms with Gasteiger partial charge in [0.2, 0.25) is 5.95 Å². The van der Waals surface area contributed by atoms with Gasteiger partial charge < -0.3 is 5.73 Å². The molecule has 0 aromatic carbocycles. The SMILES string of the molecule is CCC(C)/C=N\c1cnc(N)nc1C. The van der Waals surface area contributed by atoms with Crippen LogP contribution in [0, 0.1) is 12.8 Å². The molecule has 1 heterocycles. The molecule has 4 heteroatoms. The van der Waals surface area contributed by atoms with Gasteiger partial charge in [-0.1, -0.05) is 13.8 Å². The molecule has 1 aromatic heterocycles. The second-order valence-electron chi connectivity index (χ2n) is 3.36. The maximum absolute atomic E-state index is 5.44. The molecule has 0 fully saturated rings. The topological polar surface area (TPSA) is 64.2 Å². The Labute approximate surface area is 84.3 Å². The fourth-order valence-corrected chi connectivity index (χ4v) is 0.918. The van der Waals surface area contributed by atoms with E-state index in [9.17, 15) is 0 Å². The first-order valence-corrected chi connectivity index (χ1v) is 4.76. The van der Waals surface area contributed by atoms with E-state index in [2.05, 4.69) is 28.8 Å². The monoisotopic (exact) mass is 192 g/mol. The van der Waals surface area contributed by atoms with Crippen molar-refractivity contribution in [2.45, 2.75) is 27.2 Å². The Hall–Kier alpha value is -1.45. The van der Waals surface area contributed by atoms with Crippen LogP contribution in [0.4, 0.5) is 11.6 Å². The summed E-state index contributed by atoms with van der Waals surface area (Å²) in [5.41, 5.74) is 7.04. The Balaban J connectivity index is 2.82. The molecule has 2 N–H and O–H groups in total. The number of aromatic nitrogens is 2. The van der Waals surface area contributed by atoms with Gasteiger partial charge in [-0.25, -0.2) is 9.97 Å². The van der Waals surface area contributed by atoms with E-state index in [4.69, 9.17) is 5.73 Å². The van der Waals surface area contributed by atoms with E-state index in [1.54, 1.807) is 6.20 Å². The highest BCUT2D eigenvalue weighted by atomic mass is 15.0. The molecule has 0 saturated heterocycles. The largest absolute Gasteiger partial charge is 0.368 e. The van der Waals surface area contributed by atoms with E-state index in [-0.39, 0.29) is 0 Å². The van der Waals surface area contributed by atoms with Crippen molar-refractivity contribution in [2.75, 3.05) is 5.73 Å². The lowest BCUT2D eigenvalue weighted by Gasteiger charge is -2.01. The highest BCUT2D eigenvalue weighted by Crippen LogP contribution is 2.15. The summed E-state index contributed by atoms with van der Waals surface area (Å²) in [7, 11) is 0. The molecule has 0 aliphatic heterocycles. The van der Waals surface area contributed by atoms with Crippen molar-refractivity contribution in [3.05, 3.63) is 11.9 Å². The van der Waals surface area contributed by atoms with E-state index in [0.717, 1.165) is 17.8 Å². The Kier molecular flexibility index (Phi) is 3.56. The molecule has 1 unspecified atom stereocenters. The van der Waals surface area contributed by atoms with E-state index in [1.165, 1.54) is 0 Å². The summed E-state index contributed by atoms with van der Waals surface area (Å²) >= 11 is 0. The predicted octanol–water partition coefficient (Wildman–Crippen LogP) is 2.12. The zero-order valence-corrected chi connectivity index (χ0v) is 8.86. The third kappa shape index (κ3) is 2.80. The predicted molar refractivity (Wildman–Crippen MR) is 58.8 cm³/mol. The molecular formula is C10H16N4. The van der Waals surface area contributed by atoms with Crippen molar-refractivity contribution < 1.29 is 0 Å². The number of hydrogen-bond donors (Lipinski definition) is 1. The lowest BCUT2D eigenvalue weighted by Crippen LogP contribution is -1.96. The van der Waals surface area contributed by atoms with E-state index < -0.39 is 0 Å². The highest BCUT2D eigenvalue weighted by Gasteiger charge is 1.99. The smallest absolute Gasteiger partial charge is 0.220 e. The Bertz CT molecular complexity index is 333. The van der Waals surface area contributed by atoms with Gasteiger partial charge in [0.15, 0.2) is 0 Å².